The Hall–Kier alpha value is -7.42. The van der Waals surface area contributed by atoms with Crippen molar-refractivity contribution >= 4 is 75.9 Å². The number of aromatic nitrogens is 2. The maximum absolute atomic E-state index is 2.42. The molecule has 0 aliphatic rings. The Morgan fingerprint density at radius 1 is 0.214 bits per heavy atom. The Balaban J connectivity index is 0.948. The molecule has 2 heterocycles. The summed E-state index contributed by atoms with van der Waals surface area (Å²) >= 11 is 0. The normalized spacial score (nSPS) is 11.9. The second kappa shape index (κ2) is 12.0. The van der Waals surface area contributed by atoms with E-state index in [1.807, 2.05) is 0 Å². The fourth-order valence-electron chi connectivity index (χ4n) is 9.18. The van der Waals surface area contributed by atoms with E-state index in [-0.39, 0.29) is 0 Å². The fraction of sp³-hybridized carbons (Fsp3) is 0. The smallest absolute Gasteiger partial charge is 0.0541 e. The molecule has 0 unspecified atom stereocenters. The molecule has 0 fully saturated rings. The van der Waals surface area contributed by atoms with Gasteiger partial charge in [0.1, 0.15) is 0 Å². The lowest BCUT2D eigenvalue weighted by molar-refractivity contribution is 1.18. The van der Waals surface area contributed by atoms with E-state index in [4.69, 9.17) is 0 Å². The van der Waals surface area contributed by atoms with Crippen molar-refractivity contribution in [3.8, 4) is 33.6 Å². The summed E-state index contributed by atoms with van der Waals surface area (Å²) in [6.07, 6.45) is 0. The standard InChI is InChI=1S/C54H34N2/c1-2-11-43(12-3-1)55-51-16-8-6-14-47(51)49-33-40(24-28-53(49)55)41-25-29-54-50(34-41)48-15-7-9-17-52(48)56(54)44-26-22-37-30-36(19-20-39(37)32-44)38-23-27-46-42(31-38)21-18-35-10-4-5-13-45(35)46/h1-34H. The van der Waals surface area contributed by atoms with Crippen LogP contribution in [0.15, 0.2) is 206 Å². The van der Waals surface area contributed by atoms with E-state index in [0.29, 0.717) is 0 Å². The zero-order valence-corrected chi connectivity index (χ0v) is 30.5. The third kappa shape index (κ3) is 4.69. The molecule has 12 aromatic rings. The Kier molecular flexibility index (Phi) is 6.66. The molecule has 0 aliphatic heterocycles. The van der Waals surface area contributed by atoms with Crippen LogP contribution >= 0.6 is 0 Å². The summed E-state index contributed by atoms with van der Waals surface area (Å²) in [6.45, 7) is 0. The van der Waals surface area contributed by atoms with E-state index in [9.17, 15) is 0 Å². The minimum atomic E-state index is 1.16. The van der Waals surface area contributed by atoms with Crippen molar-refractivity contribution < 1.29 is 0 Å². The van der Waals surface area contributed by atoms with Crippen LogP contribution in [0.3, 0.4) is 0 Å². The zero-order valence-electron chi connectivity index (χ0n) is 30.5. The van der Waals surface area contributed by atoms with Gasteiger partial charge in [-0.15, -0.1) is 0 Å². The van der Waals surface area contributed by atoms with Crippen molar-refractivity contribution in [3.63, 3.8) is 0 Å². The van der Waals surface area contributed by atoms with Crippen LogP contribution in [0.25, 0.3) is 110 Å². The van der Waals surface area contributed by atoms with Gasteiger partial charge in [-0.1, -0.05) is 133 Å². The minimum absolute atomic E-state index is 1.16. The fourth-order valence-corrected chi connectivity index (χ4v) is 9.18. The summed E-state index contributed by atoms with van der Waals surface area (Å²) in [5, 5.41) is 12.6. The first-order chi connectivity index (χ1) is 27.7. The largest absolute Gasteiger partial charge is 0.309 e. The molecule has 0 N–H and O–H groups in total. The minimum Gasteiger partial charge on any atom is -0.309 e. The number of para-hydroxylation sites is 3. The molecule has 0 spiro atoms. The van der Waals surface area contributed by atoms with E-state index < -0.39 is 0 Å². The predicted octanol–water partition coefficient (Wildman–Crippen LogP) is 14.7. The monoisotopic (exact) mass is 710 g/mol. The van der Waals surface area contributed by atoms with E-state index in [2.05, 4.69) is 215 Å². The van der Waals surface area contributed by atoms with Gasteiger partial charge in [0.2, 0.25) is 0 Å². The van der Waals surface area contributed by atoms with E-state index in [1.165, 1.54) is 104 Å². The first-order valence-electron chi connectivity index (χ1n) is 19.3. The van der Waals surface area contributed by atoms with E-state index in [0.717, 1.165) is 5.69 Å². The maximum Gasteiger partial charge on any atom is 0.0541 e. The van der Waals surface area contributed by atoms with Crippen molar-refractivity contribution in [3.05, 3.63) is 206 Å². The second-order valence-corrected chi connectivity index (χ2v) is 15.0. The Bertz CT molecular complexity index is 3530. The van der Waals surface area contributed by atoms with Gasteiger partial charge < -0.3 is 9.13 Å². The van der Waals surface area contributed by atoms with Crippen LogP contribution in [-0.2, 0) is 0 Å². The molecule has 0 bridgehead atoms. The van der Waals surface area contributed by atoms with Gasteiger partial charge in [0, 0.05) is 32.9 Å². The third-order valence-corrected chi connectivity index (χ3v) is 11.9. The Labute approximate surface area is 323 Å². The van der Waals surface area contributed by atoms with Crippen molar-refractivity contribution in [2.45, 2.75) is 0 Å². The lowest BCUT2D eigenvalue weighted by Crippen LogP contribution is -1.94. The Morgan fingerprint density at radius 2 is 0.661 bits per heavy atom. The van der Waals surface area contributed by atoms with Crippen molar-refractivity contribution in [1.82, 2.24) is 9.13 Å². The molecule has 0 saturated carbocycles. The molecule has 56 heavy (non-hydrogen) atoms. The van der Waals surface area contributed by atoms with Gasteiger partial charge >= 0.3 is 0 Å². The van der Waals surface area contributed by atoms with Gasteiger partial charge in [0.25, 0.3) is 0 Å². The molecule has 2 nitrogen and oxygen atoms in total. The molecule has 0 radical (unpaired) electrons. The van der Waals surface area contributed by atoms with Crippen molar-refractivity contribution in [2.24, 2.45) is 0 Å². The Morgan fingerprint density at radius 3 is 1.38 bits per heavy atom. The van der Waals surface area contributed by atoms with Gasteiger partial charge in [-0.05, 0) is 127 Å². The summed E-state index contributed by atoms with van der Waals surface area (Å²) in [4.78, 5) is 0. The molecule has 0 atom stereocenters. The highest BCUT2D eigenvalue weighted by Gasteiger charge is 2.16. The highest BCUT2D eigenvalue weighted by molar-refractivity contribution is 6.13. The quantitative estimate of drug-likeness (QED) is 0.161. The average Bonchev–Trinajstić information content (AvgIpc) is 3.78. The third-order valence-electron chi connectivity index (χ3n) is 11.9. The molecule has 260 valence electrons. The molecule has 0 amide bonds. The maximum atomic E-state index is 2.42. The van der Waals surface area contributed by atoms with Gasteiger partial charge in [-0.2, -0.15) is 0 Å². The predicted molar refractivity (Wildman–Crippen MR) is 239 cm³/mol. The second-order valence-electron chi connectivity index (χ2n) is 15.0. The lowest BCUT2D eigenvalue weighted by atomic mass is 9.96. The summed E-state index contributed by atoms with van der Waals surface area (Å²) in [5.74, 6) is 0. The van der Waals surface area contributed by atoms with Crippen LogP contribution in [0.4, 0.5) is 0 Å². The van der Waals surface area contributed by atoms with Crippen LogP contribution in [0.2, 0.25) is 0 Å². The molecule has 0 saturated heterocycles. The average molecular weight is 711 g/mol. The van der Waals surface area contributed by atoms with E-state index in [1.54, 1.807) is 0 Å². The topological polar surface area (TPSA) is 9.86 Å². The molecular formula is C54H34N2. The molecule has 2 aromatic heterocycles. The molecule has 0 aliphatic carbocycles. The van der Waals surface area contributed by atoms with Crippen LogP contribution < -0.4 is 0 Å². The molecule has 2 heteroatoms. The van der Waals surface area contributed by atoms with Crippen molar-refractivity contribution in [2.75, 3.05) is 0 Å². The van der Waals surface area contributed by atoms with Crippen LogP contribution in [0, 0.1) is 0 Å². The zero-order chi connectivity index (χ0) is 36.7. The number of rotatable bonds is 4. The van der Waals surface area contributed by atoms with Crippen molar-refractivity contribution in [1.29, 1.82) is 0 Å². The van der Waals surface area contributed by atoms with Crippen LogP contribution in [0.5, 0.6) is 0 Å². The first kappa shape index (κ1) is 31.0. The lowest BCUT2D eigenvalue weighted by Gasteiger charge is -2.11. The summed E-state index contributed by atoms with van der Waals surface area (Å²) in [7, 11) is 0. The SMILES string of the molecule is c1ccc(-n2c3ccccc3c3cc(-c4ccc5c(c4)c4ccccc4n5-c4ccc5cc(-c6ccc7c(ccc8ccccc87)c6)ccc5c4)ccc32)cc1. The number of hydrogen-bond acceptors (Lipinski definition) is 0. The number of fused-ring (bicyclic) bond motifs is 10. The van der Waals surface area contributed by atoms with Gasteiger partial charge in [0.05, 0.1) is 22.1 Å². The number of nitrogens with zero attached hydrogens (tertiary/aromatic N) is 2. The number of hydrogen-bond donors (Lipinski definition) is 0. The summed E-state index contributed by atoms with van der Waals surface area (Å²) in [6, 6.07) is 75.8. The van der Waals surface area contributed by atoms with Crippen LogP contribution in [-0.4, -0.2) is 9.13 Å². The molecular weight excluding hydrogens is 677 g/mol. The van der Waals surface area contributed by atoms with Gasteiger partial charge in [-0.3, -0.25) is 0 Å². The highest BCUT2D eigenvalue weighted by Crippen LogP contribution is 2.39. The summed E-state index contributed by atoms with van der Waals surface area (Å²) < 4.78 is 4.80. The molecule has 10 aromatic carbocycles. The first-order valence-corrected chi connectivity index (χ1v) is 19.3. The highest BCUT2D eigenvalue weighted by atomic mass is 15.0. The van der Waals surface area contributed by atoms with Gasteiger partial charge in [-0.25, -0.2) is 0 Å². The number of benzene rings is 10. The van der Waals surface area contributed by atoms with Crippen LogP contribution in [0.1, 0.15) is 0 Å². The summed E-state index contributed by atoms with van der Waals surface area (Å²) in [5.41, 5.74) is 12.1. The molecule has 12 rings (SSSR count). The van der Waals surface area contributed by atoms with Gasteiger partial charge in [0.15, 0.2) is 0 Å². The van der Waals surface area contributed by atoms with E-state index >= 15 is 0 Å².